The molecule has 5 rings (SSSR count). The third-order valence-corrected chi connectivity index (χ3v) is 6.13. The van der Waals surface area contributed by atoms with Gasteiger partial charge in [-0.2, -0.15) is 5.26 Å². The molecule has 1 aliphatic carbocycles. The Labute approximate surface area is 175 Å². The average molecular weight is 397 g/mol. The number of aromatic nitrogens is 2. The highest BCUT2D eigenvalue weighted by molar-refractivity contribution is 5.84. The van der Waals surface area contributed by atoms with Gasteiger partial charge in [0.05, 0.1) is 22.7 Å². The van der Waals surface area contributed by atoms with Crippen molar-refractivity contribution >= 4 is 22.8 Å². The van der Waals surface area contributed by atoms with Crippen LogP contribution in [0.4, 0.5) is 5.82 Å². The number of amides is 1. The molecule has 1 aliphatic heterocycles. The van der Waals surface area contributed by atoms with Crippen molar-refractivity contribution in [2.24, 2.45) is 5.92 Å². The highest BCUT2D eigenvalue weighted by Crippen LogP contribution is 2.32. The molecule has 2 aliphatic rings. The molecule has 6 nitrogen and oxygen atoms in total. The SMILES string of the molecule is N#Cc1cccc(-c2nc3ccccc3nc2N2CCC(NC(=O)C3CCC3)C2)c1. The van der Waals surface area contributed by atoms with E-state index in [2.05, 4.69) is 16.3 Å². The minimum absolute atomic E-state index is 0.129. The Hall–Kier alpha value is -3.46. The molecule has 1 aromatic heterocycles. The summed E-state index contributed by atoms with van der Waals surface area (Å²) in [7, 11) is 0. The summed E-state index contributed by atoms with van der Waals surface area (Å²) in [5, 5.41) is 12.5. The van der Waals surface area contributed by atoms with Gasteiger partial charge < -0.3 is 10.2 Å². The lowest BCUT2D eigenvalue weighted by atomic mass is 9.84. The van der Waals surface area contributed by atoms with Crippen LogP contribution >= 0.6 is 0 Å². The summed E-state index contributed by atoms with van der Waals surface area (Å²) in [6.45, 7) is 1.53. The summed E-state index contributed by atoms with van der Waals surface area (Å²) in [5.74, 6) is 1.20. The lowest BCUT2D eigenvalue weighted by molar-refractivity contribution is -0.127. The number of para-hydroxylation sites is 2. The highest BCUT2D eigenvalue weighted by atomic mass is 16.2. The van der Waals surface area contributed by atoms with Gasteiger partial charge in [0.15, 0.2) is 5.82 Å². The first-order valence-electron chi connectivity index (χ1n) is 10.5. The van der Waals surface area contributed by atoms with E-state index in [9.17, 15) is 10.1 Å². The van der Waals surface area contributed by atoms with Crippen LogP contribution in [0.1, 0.15) is 31.2 Å². The molecule has 150 valence electrons. The van der Waals surface area contributed by atoms with E-state index in [0.717, 1.165) is 66.9 Å². The quantitative estimate of drug-likeness (QED) is 0.726. The van der Waals surface area contributed by atoms with Gasteiger partial charge in [-0.1, -0.05) is 30.7 Å². The summed E-state index contributed by atoms with van der Waals surface area (Å²) in [6.07, 6.45) is 4.08. The fourth-order valence-corrected chi connectivity index (χ4v) is 4.20. The van der Waals surface area contributed by atoms with Gasteiger partial charge >= 0.3 is 0 Å². The number of hydrogen-bond donors (Lipinski definition) is 1. The summed E-state index contributed by atoms with van der Waals surface area (Å²) >= 11 is 0. The molecule has 30 heavy (non-hydrogen) atoms. The van der Waals surface area contributed by atoms with Crippen LogP contribution in [-0.4, -0.2) is 35.0 Å². The smallest absolute Gasteiger partial charge is 0.223 e. The first-order chi connectivity index (χ1) is 14.7. The summed E-state index contributed by atoms with van der Waals surface area (Å²) < 4.78 is 0. The number of nitriles is 1. The van der Waals surface area contributed by atoms with Crippen molar-refractivity contribution in [1.82, 2.24) is 15.3 Å². The van der Waals surface area contributed by atoms with E-state index >= 15 is 0 Å². The zero-order valence-electron chi connectivity index (χ0n) is 16.7. The molecule has 0 radical (unpaired) electrons. The number of nitrogens with one attached hydrogen (secondary N) is 1. The number of hydrogen-bond acceptors (Lipinski definition) is 5. The van der Waals surface area contributed by atoms with Gasteiger partial charge in [-0.05, 0) is 43.5 Å². The molecule has 1 unspecified atom stereocenters. The molecule has 1 saturated carbocycles. The predicted octanol–water partition coefficient (Wildman–Crippen LogP) is 3.66. The number of anilines is 1. The van der Waals surface area contributed by atoms with E-state index in [1.54, 1.807) is 6.07 Å². The van der Waals surface area contributed by atoms with Gasteiger partial charge in [0, 0.05) is 30.6 Å². The van der Waals surface area contributed by atoms with Gasteiger partial charge in [0.25, 0.3) is 0 Å². The van der Waals surface area contributed by atoms with Crippen LogP contribution in [0.3, 0.4) is 0 Å². The second-order valence-corrected chi connectivity index (χ2v) is 8.15. The third kappa shape index (κ3) is 3.48. The molecule has 6 heteroatoms. The Morgan fingerprint density at radius 1 is 1.07 bits per heavy atom. The monoisotopic (exact) mass is 397 g/mol. The Kier molecular flexibility index (Phi) is 4.80. The fourth-order valence-electron chi connectivity index (χ4n) is 4.20. The van der Waals surface area contributed by atoms with Gasteiger partial charge in [0.1, 0.15) is 5.69 Å². The average Bonchev–Trinajstić information content (AvgIpc) is 3.19. The summed E-state index contributed by atoms with van der Waals surface area (Å²) in [4.78, 5) is 24.4. The molecule has 3 aromatic rings. The van der Waals surface area contributed by atoms with E-state index in [-0.39, 0.29) is 17.9 Å². The van der Waals surface area contributed by atoms with Crippen molar-refractivity contribution in [3.05, 3.63) is 54.1 Å². The van der Waals surface area contributed by atoms with Crippen molar-refractivity contribution in [3.8, 4) is 17.3 Å². The molecule has 0 spiro atoms. The van der Waals surface area contributed by atoms with Crippen LogP contribution in [0.25, 0.3) is 22.3 Å². The third-order valence-electron chi connectivity index (χ3n) is 6.13. The maximum atomic E-state index is 12.4. The lowest BCUT2D eigenvalue weighted by Crippen LogP contribution is -2.42. The second kappa shape index (κ2) is 7.75. The van der Waals surface area contributed by atoms with Gasteiger partial charge in [-0.15, -0.1) is 0 Å². The van der Waals surface area contributed by atoms with Crippen LogP contribution in [0.2, 0.25) is 0 Å². The fraction of sp³-hybridized carbons (Fsp3) is 0.333. The van der Waals surface area contributed by atoms with E-state index in [4.69, 9.17) is 9.97 Å². The molecule has 1 saturated heterocycles. The number of benzene rings is 2. The minimum atomic E-state index is 0.129. The Morgan fingerprint density at radius 2 is 1.87 bits per heavy atom. The standard InChI is InChI=1S/C24H23N5O/c25-14-16-5-3-8-18(13-16)22-23(28-21-10-2-1-9-20(21)27-22)29-12-11-19(15-29)26-24(30)17-6-4-7-17/h1-3,5,8-10,13,17,19H,4,6-7,11-12,15H2,(H,26,30). The second-order valence-electron chi connectivity index (χ2n) is 8.15. The van der Waals surface area contributed by atoms with Crippen LogP contribution in [0.15, 0.2) is 48.5 Å². The largest absolute Gasteiger partial charge is 0.353 e. The van der Waals surface area contributed by atoms with E-state index in [1.807, 2.05) is 42.5 Å². The molecular weight excluding hydrogens is 374 g/mol. The van der Waals surface area contributed by atoms with Crippen molar-refractivity contribution in [1.29, 1.82) is 5.26 Å². The molecule has 2 heterocycles. The number of carbonyl (C=O) groups excluding carboxylic acids is 1. The predicted molar refractivity (Wildman–Crippen MR) is 116 cm³/mol. The highest BCUT2D eigenvalue weighted by Gasteiger charge is 2.31. The van der Waals surface area contributed by atoms with E-state index in [0.29, 0.717) is 5.56 Å². The molecule has 1 N–H and O–H groups in total. The minimum Gasteiger partial charge on any atom is -0.353 e. The molecule has 2 aromatic carbocycles. The molecule has 2 fully saturated rings. The van der Waals surface area contributed by atoms with Crippen LogP contribution in [-0.2, 0) is 4.79 Å². The first-order valence-corrected chi connectivity index (χ1v) is 10.5. The number of fused-ring (bicyclic) bond motifs is 1. The molecule has 1 atom stereocenters. The van der Waals surface area contributed by atoms with E-state index < -0.39 is 0 Å². The summed E-state index contributed by atoms with van der Waals surface area (Å²) in [5.41, 5.74) is 3.92. The number of rotatable bonds is 4. The Morgan fingerprint density at radius 3 is 2.60 bits per heavy atom. The normalized spacial score (nSPS) is 18.8. The molecule has 0 bridgehead atoms. The van der Waals surface area contributed by atoms with Crippen LogP contribution in [0.5, 0.6) is 0 Å². The van der Waals surface area contributed by atoms with Crippen molar-refractivity contribution in [2.75, 3.05) is 18.0 Å². The van der Waals surface area contributed by atoms with Gasteiger partial charge in [-0.25, -0.2) is 9.97 Å². The zero-order valence-corrected chi connectivity index (χ0v) is 16.7. The van der Waals surface area contributed by atoms with Crippen LogP contribution in [0, 0.1) is 17.2 Å². The first kappa shape index (κ1) is 18.6. The van der Waals surface area contributed by atoms with E-state index in [1.165, 1.54) is 0 Å². The summed E-state index contributed by atoms with van der Waals surface area (Å²) in [6, 6.07) is 17.7. The Bertz CT molecular complexity index is 1150. The lowest BCUT2D eigenvalue weighted by Gasteiger charge is -2.26. The van der Waals surface area contributed by atoms with Gasteiger partial charge in [-0.3, -0.25) is 4.79 Å². The maximum absolute atomic E-state index is 12.4. The maximum Gasteiger partial charge on any atom is 0.223 e. The number of nitrogens with zero attached hydrogens (tertiary/aromatic N) is 4. The van der Waals surface area contributed by atoms with Crippen molar-refractivity contribution in [2.45, 2.75) is 31.7 Å². The molecular formula is C24H23N5O. The van der Waals surface area contributed by atoms with Crippen molar-refractivity contribution < 1.29 is 4.79 Å². The zero-order chi connectivity index (χ0) is 20.5. The molecule has 1 amide bonds. The topological polar surface area (TPSA) is 81.9 Å². The van der Waals surface area contributed by atoms with Gasteiger partial charge in [0.2, 0.25) is 5.91 Å². The van der Waals surface area contributed by atoms with Crippen molar-refractivity contribution in [3.63, 3.8) is 0 Å². The Balaban J connectivity index is 1.48. The number of carbonyl (C=O) groups is 1. The van der Waals surface area contributed by atoms with Crippen LogP contribution < -0.4 is 10.2 Å².